The van der Waals surface area contributed by atoms with E-state index in [2.05, 4.69) is 16.1 Å². The van der Waals surface area contributed by atoms with Crippen LogP contribution in [0, 0.1) is 6.92 Å². The normalized spacial score (nSPS) is 11.2. The number of nitrogen functional groups attached to an aromatic ring is 1. The molecule has 2 aromatic heterocycles. The summed E-state index contributed by atoms with van der Waals surface area (Å²) in [5.74, 6) is 0.670. The van der Waals surface area contributed by atoms with Gasteiger partial charge in [0.15, 0.2) is 0 Å². The van der Waals surface area contributed by atoms with Crippen molar-refractivity contribution < 1.29 is 0 Å². The molecule has 0 fully saturated rings. The lowest BCUT2D eigenvalue weighted by Crippen LogP contribution is -1.98. The van der Waals surface area contributed by atoms with Gasteiger partial charge in [0, 0.05) is 18.2 Å². The van der Waals surface area contributed by atoms with Crippen molar-refractivity contribution in [2.75, 3.05) is 5.73 Å². The lowest BCUT2D eigenvalue weighted by molar-refractivity contribution is 0.779. The number of fused-ring (bicyclic) bond motifs is 1. The number of aromatic nitrogens is 3. The van der Waals surface area contributed by atoms with Gasteiger partial charge in [-0.3, -0.25) is 4.68 Å². The summed E-state index contributed by atoms with van der Waals surface area (Å²) in [6.45, 7) is 2.01. The fraction of sp³-hybridized carbons (Fsp3) is 0.167. The average molecular weight is 244 g/mol. The second kappa shape index (κ2) is 3.56. The molecule has 0 unspecified atom stereocenters. The molecule has 3 rings (SSSR count). The minimum atomic E-state index is 0.670. The fourth-order valence-corrected chi connectivity index (χ4v) is 2.79. The summed E-state index contributed by atoms with van der Waals surface area (Å²) in [7, 11) is 1.84. The van der Waals surface area contributed by atoms with E-state index in [1.54, 1.807) is 22.2 Å². The Morgan fingerprint density at radius 2 is 2.12 bits per heavy atom. The van der Waals surface area contributed by atoms with E-state index in [1.807, 2.05) is 26.1 Å². The lowest BCUT2D eigenvalue weighted by atomic mass is 10.1. The van der Waals surface area contributed by atoms with Crippen LogP contribution in [0.2, 0.25) is 0 Å². The zero-order valence-electron chi connectivity index (χ0n) is 9.64. The van der Waals surface area contributed by atoms with Gasteiger partial charge in [-0.1, -0.05) is 12.1 Å². The first kappa shape index (κ1) is 10.3. The number of thiazole rings is 1. The summed E-state index contributed by atoms with van der Waals surface area (Å²) in [5, 5.41) is 5.24. The quantitative estimate of drug-likeness (QED) is 0.715. The van der Waals surface area contributed by atoms with Crippen molar-refractivity contribution in [2.24, 2.45) is 7.05 Å². The Kier molecular flexibility index (Phi) is 2.16. The van der Waals surface area contributed by atoms with Crippen LogP contribution in [0.4, 0.5) is 5.82 Å². The van der Waals surface area contributed by atoms with Gasteiger partial charge in [-0.05, 0) is 13.0 Å². The molecule has 0 aliphatic heterocycles. The van der Waals surface area contributed by atoms with Crippen molar-refractivity contribution in [1.29, 1.82) is 0 Å². The molecular formula is C12H12N4S. The molecule has 0 saturated heterocycles. The second-order valence-electron chi connectivity index (χ2n) is 3.95. The molecule has 0 aliphatic rings. The van der Waals surface area contributed by atoms with Crippen LogP contribution in [0.1, 0.15) is 5.01 Å². The topological polar surface area (TPSA) is 56.7 Å². The monoisotopic (exact) mass is 244 g/mol. The molecule has 1 aromatic carbocycles. The van der Waals surface area contributed by atoms with Crippen molar-refractivity contribution in [3.63, 3.8) is 0 Å². The van der Waals surface area contributed by atoms with Gasteiger partial charge >= 0.3 is 0 Å². The van der Waals surface area contributed by atoms with E-state index in [1.165, 1.54) is 4.70 Å². The van der Waals surface area contributed by atoms with Crippen LogP contribution >= 0.6 is 11.3 Å². The number of nitrogens with zero attached hydrogens (tertiary/aromatic N) is 3. The maximum absolute atomic E-state index is 6.01. The SMILES string of the molecule is Cc1nc2c(-c3cnn(C)c3N)cccc2s1. The van der Waals surface area contributed by atoms with Crippen molar-refractivity contribution in [3.05, 3.63) is 29.4 Å². The Morgan fingerprint density at radius 3 is 2.82 bits per heavy atom. The predicted molar refractivity (Wildman–Crippen MR) is 71.0 cm³/mol. The molecule has 0 spiro atoms. The van der Waals surface area contributed by atoms with Gasteiger partial charge in [0.1, 0.15) is 5.82 Å². The predicted octanol–water partition coefficient (Wildman–Crippen LogP) is 2.59. The van der Waals surface area contributed by atoms with Crippen LogP contribution in [0.3, 0.4) is 0 Å². The lowest BCUT2D eigenvalue weighted by Gasteiger charge is -2.01. The Bertz CT molecular complexity index is 696. The molecule has 4 nitrogen and oxygen atoms in total. The van der Waals surface area contributed by atoms with Crippen LogP contribution < -0.4 is 5.73 Å². The fourth-order valence-electron chi connectivity index (χ4n) is 1.93. The van der Waals surface area contributed by atoms with Crippen molar-refractivity contribution in [1.82, 2.24) is 14.8 Å². The third kappa shape index (κ3) is 1.51. The third-order valence-corrected chi connectivity index (χ3v) is 3.74. The molecule has 0 amide bonds. The number of hydrogen-bond acceptors (Lipinski definition) is 4. The molecule has 86 valence electrons. The number of aryl methyl sites for hydroxylation is 2. The summed E-state index contributed by atoms with van der Waals surface area (Å²) in [4.78, 5) is 4.57. The van der Waals surface area contributed by atoms with Crippen LogP contribution in [-0.2, 0) is 7.05 Å². The summed E-state index contributed by atoms with van der Waals surface area (Å²) in [6, 6.07) is 6.15. The summed E-state index contributed by atoms with van der Waals surface area (Å²) < 4.78 is 2.86. The van der Waals surface area contributed by atoms with Gasteiger partial charge in [-0.15, -0.1) is 11.3 Å². The minimum absolute atomic E-state index is 0.670. The first-order valence-corrected chi connectivity index (χ1v) is 6.12. The highest BCUT2D eigenvalue weighted by atomic mass is 32.1. The number of rotatable bonds is 1. The summed E-state index contributed by atoms with van der Waals surface area (Å²) in [5.41, 5.74) is 9.02. The van der Waals surface area contributed by atoms with E-state index in [-0.39, 0.29) is 0 Å². The van der Waals surface area contributed by atoms with Crippen molar-refractivity contribution in [3.8, 4) is 11.1 Å². The smallest absolute Gasteiger partial charge is 0.129 e. The molecule has 0 atom stereocenters. The highest BCUT2D eigenvalue weighted by Gasteiger charge is 2.12. The molecule has 0 bridgehead atoms. The number of para-hydroxylation sites is 1. The summed E-state index contributed by atoms with van der Waals surface area (Å²) in [6.07, 6.45) is 1.79. The van der Waals surface area contributed by atoms with Gasteiger partial charge in [0.05, 0.1) is 21.4 Å². The molecular weight excluding hydrogens is 232 g/mol. The highest BCUT2D eigenvalue weighted by molar-refractivity contribution is 7.18. The first-order chi connectivity index (χ1) is 8.16. The molecule has 17 heavy (non-hydrogen) atoms. The van der Waals surface area contributed by atoms with Crippen molar-refractivity contribution in [2.45, 2.75) is 6.92 Å². The van der Waals surface area contributed by atoms with E-state index in [9.17, 15) is 0 Å². The Balaban J connectivity index is 2.33. The minimum Gasteiger partial charge on any atom is -0.383 e. The maximum Gasteiger partial charge on any atom is 0.129 e. The van der Waals surface area contributed by atoms with E-state index in [0.29, 0.717) is 5.82 Å². The Hall–Kier alpha value is -1.88. The van der Waals surface area contributed by atoms with E-state index < -0.39 is 0 Å². The molecule has 0 saturated carbocycles. The molecule has 2 N–H and O–H groups in total. The average Bonchev–Trinajstić information content (AvgIpc) is 2.82. The molecule has 2 heterocycles. The number of benzene rings is 1. The van der Waals surface area contributed by atoms with Gasteiger partial charge in [-0.2, -0.15) is 5.10 Å². The zero-order chi connectivity index (χ0) is 12.0. The largest absolute Gasteiger partial charge is 0.383 e. The van der Waals surface area contributed by atoms with Gasteiger partial charge < -0.3 is 5.73 Å². The van der Waals surface area contributed by atoms with Crippen LogP contribution in [0.25, 0.3) is 21.3 Å². The standard InChI is InChI=1S/C12H12N4S/c1-7-15-11-8(4-3-5-10(11)17-7)9-6-14-16(2)12(9)13/h3-6H,13H2,1-2H3. The Labute approximate surface area is 103 Å². The van der Waals surface area contributed by atoms with Crippen LogP contribution in [-0.4, -0.2) is 14.8 Å². The van der Waals surface area contributed by atoms with Crippen LogP contribution in [0.5, 0.6) is 0 Å². The third-order valence-electron chi connectivity index (χ3n) is 2.80. The number of nitrogens with two attached hydrogens (primary N) is 1. The van der Waals surface area contributed by atoms with E-state index in [0.717, 1.165) is 21.7 Å². The van der Waals surface area contributed by atoms with E-state index in [4.69, 9.17) is 5.73 Å². The summed E-state index contributed by atoms with van der Waals surface area (Å²) >= 11 is 1.69. The number of anilines is 1. The zero-order valence-corrected chi connectivity index (χ0v) is 10.5. The van der Waals surface area contributed by atoms with Gasteiger partial charge in [0.25, 0.3) is 0 Å². The second-order valence-corrected chi connectivity index (χ2v) is 5.19. The van der Waals surface area contributed by atoms with Gasteiger partial charge in [0.2, 0.25) is 0 Å². The first-order valence-electron chi connectivity index (χ1n) is 5.31. The van der Waals surface area contributed by atoms with E-state index >= 15 is 0 Å². The molecule has 5 heteroatoms. The van der Waals surface area contributed by atoms with Crippen molar-refractivity contribution >= 4 is 27.4 Å². The molecule has 0 radical (unpaired) electrons. The number of hydrogen-bond donors (Lipinski definition) is 1. The molecule has 3 aromatic rings. The van der Waals surface area contributed by atoms with Gasteiger partial charge in [-0.25, -0.2) is 4.98 Å². The maximum atomic E-state index is 6.01. The highest BCUT2D eigenvalue weighted by Crippen LogP contribution is 2.33. The van der Waals surface area contributed by atoms with Crippen LogP contribution in [0.15, 0.2) is 24.4 Å². The Morgan fingerprint density at radius 1 is 1.29 bits per heavy atom. The molecule has 0 aliphatic carbocycles.